The van der Waals surface area contributed by atoms with E-state index >= 15 is 0 Å². The average molecular weight is 232 g/mol. The number of hydrogen-bond donors (Lipinski definition) is 1. The zero-order chi connectivity index (χ0) is 11.8. The van der Waals surface area contributed by atoms with Gasteiger partial charge in [0.15, 0.2) is 0 Å². The summed E-state index contributed by atoms with van der Waals surface area (Å²) in [5.74, 6) is 0.730. The Morgan fingerprint density at radius 3 is 3.06 bits per heavy atom. The van der Waals surface area contributed by atoms with Gasteiger partial charge >= 0.3 is 0 Å². The summed E-state index contributed by atoms with van der Waals surface area (Å²) >= 11 is 0. The summed E-state index contributed by atoms with van der Waals surface area (Å²) < 4.78 is 3.39. The smallest absolute Gasteiger partial charge is 0.276 e. The maximum Gasteiger partial charge on any atom is 0.276 e. The minimum absolute atomic E-state index is 0.0332. The maximum absolute atomic E-state index is 12.2. The summed E-state index contributed by atoms with van der Waals surface area (Å²) in [5, 5.41) is 7.35. The van der Waals surface area contributed by atoms with Crippen LogP contribution < -0.4 is 10.9 Å². The first-order valence-electron chi connectivity index (χ1n) is 5.99. The minimum Gasteiger partial charge on any atom is -0.315 e. The third-order valence-corrected chi connectivity index (χ3v) is 3.49. The highest BCUT2D eigenvalue weighted by Crippen LogP contribution is 2.32. The third-order valence-electron chi connectivity index (χ3n) is 3.49. The molecule has 1 saturated carbocycles. The molecule has 90 valence electrons. The Morgan fingerprint density at radius 2 is 2.35 bits per heavy atom. The van der Waals surface area contributed by atoms with Crippen molar-refractivity contribution in [1.82, 2.24) is 19.5 Å². The van der Waals surface area contributed by atoms with E-state index < -0.39 is 0 Å². The molecule has 0 radical (unpaired) electrons. The maximum atomic E-state index is 12.2. The van der Waals surface area contributed by atoms with Crippen molar-refractivity contribution in [3.63, 3.8) is 0 Å². The molecule has 0 amide bonds. The first-order chi connectivity index (χ1) is 8.29. The highest BCUT2D eigenvalue weighted by Gasteiger charge is 2.30. The summed E-state index contributed by atoms with van der Waals surface area (Å²) in [5.41, 5.74) is 0.670. The molecule has 1 atom stereocenters. The lowest BCUT2D eigenvalue weighted by Crippen LogP contribution is -2.36. The van der Waals surface area contributed by atoms with Crippen LogP contribution >= 0.6 is 0 Å². The van der Waals surface area contributed by atoms with Crippen LogP contribution in [0.15, 0.2) is 29.5 Å². The van der Waals surface area contributed by atoms with Crippen LogP contribution in [-0.4, -0.2) is 27.3 Å². The van der Waals surface area contributed by atoms with Crippen LogP contribution in [0.4, 0.5) is 0 Å². The second kappa shape index (κ2) is 4.00. The van der Waals surface area contributed by atoms with Gasteiger partial charge in [-0.1, -0.05) is 0 Å². The normalized spacial score (nSPS) is 17.5. The van der Waals surface area contributed by atoms with Crippen molar-refractivity contribution in [1.29, 1.82) is 0 Å². The van der Waals surface area contributed by atoms with Crippen molar-refractivity contribution in [2.45, 2.75) is 25.4 Å². The van der Waals surface area contributed by atoms with Gasteiger partial charge in [0.1, 0.15) is 5.52 Å². The molecule has 2 heterocycles. The monoisotopic (exact) mass is 232 g/mol. The van der Waals surface area contributed by atoms with Crippen molar-refractivity contribution in [3.05, 3.63) is 35.0 Å². The Hall–Kier alpha value is -1.62. The van der Waals surface area contributed by atoms with E-state index in [0.29, 0.717) is 11.6 Å². The van der Waals surface area contributed by atoms with Crippen molar-refractivity contribution < 1.29 is 0 Å². The van der Waals surface area contributed by atoms with E-state index in [0.717, 1.165) is 12.5 Å². The van der Waals surface area contributed by atoms with E-state index in [2.05, 4.69) is 10.4 Å². The van der Waals surface area contributed by atoms with Gasteiger partial charge in [-0.05, 0) is 31.9 Å². The molecule has 0 saturated heterocycles. The van der Waals surface area contributed by atoms with Gasteiger partial charge in [-0.2, -0.15) is 5.10 Å². The molecule has 3 rings (SSSR count). The van der Waals surface area contributed by atoms with Crippen molar-refractivity contribution in [2.24, 2.45) is 5.92 Å². The molecule has 5 heteroatoms. The highest BCUT2D eigenvalue weighted by molar-refractivity contribution is 5.42. The molecule has 1 fully saturated rings. The summed E-state index contributed by atoms with van der Waals surface area (Å²) in [4.78, 5) is 12.2. The molecule has 5 nitrogen and oxygen atoms in total. The quantitative estimate of drug-likeness (QED) is 0.835. The molecule has 1 unspecified atom stereocenters. The van der Waals surface area contributed by atoms with Gasteiger partial charge in [-0.25, -0.2) is 4.52 Å². The standard InChI is InChI=1S/C12H16N4O/c1-13-10(9-2-3-9)8-15-6-7-16-11(12(15)17)4-5-14-16/h4-7,9-10,13H,2-3,8H2,1H3. The molecule has 1 aliphatic carbocycles. The predicted octanol–water partition coefficient (Wildman–Crippen LogP) is 0.494. The summed E-state index contributed by atoms with van der Waals surface area (Å²) in [7, 11) is 1.96. The lowest BCUT2D eigenvalue weighted by molar-refractivity contribution is 0.429. The first kappa shape index (κ1) is 10.5. The molecule has 0 bridgehead atoms. The number of fused-ring (bicyclic) bond motifs is 1. The average Bonchev–Trinajstić information content (AvgIpc) is 3.06. The van der Waals surface area contributed by atoms with Crippen LogP contribution in [0, 0.1) is 5.92 Å². The fourth-order valence-corrected chi connectivity index (χ4v) is 2.29. The number of likely N-dealkylation sites (N-methyl/N-ethyl adjacent to an activating group) is 1. The second-order valence-corrected chi connectivity index (χ2v) is 4.65. The van der Waals surface area contributed by atoms with Gasteiger partial charge < -0.3 is 9.88 Å². The van der Waals surface area contributed by atoms with Gasteiger partial charge in [0, 0.05) is 25.0 Å². The van der Waals surface area contributed by atoms with Gasteiger partial charge in [0.05, 0.1) is 6.20 Å². The fourth-order valence-electron chi connectivity index (χ4n) is 2.29. The van der Waals surface area contributed by atoms with Crippen LogP contribution in [0.3, 0.4) is 0 Å². The van der Waals surface area contributed by atoms with Gasteiger partial charge in [-0.3, -0.25) is 4.79 Å². The Labute approximate surface area is 99.1 Å². The third kappa shape index (κ3) is 1.86. The molecule has 1 N–H and O–H groups in total. The number of nitrogens with zero attached hydrogens (tertiary/aromatic N) is 3. The first-order valence-corrected chi connectivity index (χ1v) is 5.99. The van der Waals surface area contributed by atoms with Crippen LogP contribution in [0.1, 0.15) is 12.8 Å². The number of aromatic nitrogens is 3. The highest BCUT2D eigenvalue weighted by atomic mass is 16.1. The van der Waals surface area contributed by atoms with Crippen molar-refractivity contribution >= 4 is 5.52 Å². The molecule has 0 aliphatic heterocycles. The Kier molecular flexibility index (Phi) is 2.48. The van der Waals surface area contributed by atoms with E-state index in [1.54, 1.807) is 21.3 Å². The number of nitrogens with one attached hydrogen (secondary N) is 1. The zero-order valence-corrected chi connectivity index (χ0v) is 9.84. The van der Waals surface area contributed by atoms with Gasteiger partial charge in [-0.15, -0.1) is 0 Å². The van der Waals surface area contributed by atoms with E-state index in [1.807, 2.05) is 19.4 Å². The number of rotatable bonds is 4. The van der Waals surface area contributed by atoms with E-state index in [4.69, 9.17) is 0 Å². The lowest BCUT2D eigenvalue weighted by atomic mass is 10.2. The summed E-state index contributed by atoms with van der Waals surface area (Å²) in [6, 6.07) is 2.16. The Balaban J connectivity index is 1.94. The SMILES string of the molecule is CNC(Cn1ccn2nccc2c1=O)C1CC1. The lowest BCUT2D eigenvalue weighted by Gasteiger charge is -2.16. The van der Waals surface area contributed by atoms with Crippen LogP contribution in [0.25, 0.3) is 5.52 Å². The Morgan fingerprint density at radius 1 is 1.53 bits per heavy atom. The molecule has 17 heavy (non-hydrogen) atoms. The van der Waals surface area contributed by atoms with E-state index in [9.17, 15) is 4.79 Å². The summed E-state index contributed by atoms with van der Waals surface area (Å²) in [6.45, 7) is 0.738. The fraction of sp³-hybridized carbons (Fsp3) is 0.500. The predicted molar refractivity (Wildman–Crippen MR) is 65.0 cm³/mol. The van der Waals surface area contributed by atoms with E-state index in [1.165, 1.54) is 12.8 Å². The Bertz CT molecular complexity index is 581. The second-order valence-electron chi connectivity index (χ2n) is 4.65. The zero-order valence-electron chi connectivity index (χ0n) is 9.84. The largest absolute Gasteiger partial charge is 0.315 e. The van der Waals surface area contributed by atoms with Crippen molar-refractivity contribution in [3.8, 4) is 0 Å². The van der Waals surface area contributed by atoms with Gasteiger partial charge in [0.25, 0.3) is 5.56 Å². The van der Waals surface area contributed by atoms with E-state index in [-0.39, 0.29) is 5.56 Å². The molecule has 0 spiro atoms. The molecular formula is C12H16N4O. The van der Waals surface area contributed by atoms with Crippen molar-refractivity contribution in [2.75, 3.05) is 7.05 Å². The van der Waals surface area contributed by atoms with Crippen LogP contribution in [0.2, 0.25) is 0 Å². The van der Waals surface area contributed by atoms with Crippen LogP contribution in [0.5, 0.6) is 0 Å². The summed E-state index contributed by atoms with van der Waals surface area (Å²) in [6.07, 6.45) is 7.84. The molecule has 2 aromatic rings. The molecule has 2 aromatic heterocycles. The molecule has 1 aliphatic rings. The topological polar surface area (TPSA) is 51.3 Å². The van der Waals surface area contributed by atoms with Crippen LogP contribution in [-0.2, 0) is 6.54 Å². The molecule has 0 aromatic carbocycles. The van der Waals surface area contributed by atoms with Gasteiger partial charge in [0.2, 0.25) is 0 Å². The number of hydrogen-bond acceptors (Lipinski definition) is 3. The minimum atomic E-state index is 0.0332. The molecular weight excluding hydrogens is 216 g/mol.